The zero-order chi connectivity index (χ0) is 13.8. The molecular formula is C13H14ClN3O2. The van der Waals surface area contributed by atoms with Crippen LogP contribution in [-0.2, 0) is 11.3 Å². The number of halogens is 1. The van der Waals surface area contributed by atoms with Crippen molar-refractivity contribution in [1.29, 1.82) is 0 Å². The Morgan fingerprint density at radius 1 is 1.47 bits per heavy atom. The van der Waals surface area contributed by atoms with E-state index in [0.717, 1.165) is 0 Å². The third-order valence-electron chi connectivity index (χ3n) is 2.78. The summed E-state index contributed by atoms with van der Waals surface area (Å²) in [4.78, 5) is 15.4. The van der Waals surface area contributed by atoms with Gasteiger partial charge in [0.1, 0.15) is 0 Å². The van der Waals surface area contributed by atoms with E-state index in [1.807, 2.05) is 6.92 Å². The summed E-state index contributed by atoms with van der Waals surface area (Å²) in [7, 11) is 0. The van der Waals surface area contributed by atoms with Gasteiger partial charge in [-0.15, -0.1) is 0 Å². The first-order valence-electron chi connectivity index (χ1n) is 5.86. The summed E-state index contributed by atoms with van der Waals surface area (Å²) in [5, 5.41) is 12.9. The zero-order valence-electron chi connectivity index (χ0n) is 10.4. The van der Waals surface area contributed by atoms with E-state index in [9.17, 15) is 9.90 Å². The molecule has 0 radical (unpaired) electrons. The van der Waals surface area contributed by atoms with Gasteiger partial charge in [0.05, 0.1) is 18.2 Å². The van der Waals surface area contributed by atoms with E-state index in [1.54, 1.807) is 41.4 Å². The number of anilines is 1. The van der Waals surface area contributed by atoms with Crippen LogP contribution in [0.15, 0.2) is 36.8 Å². The monoisotopic (exact) mass is 279 g/mol. The van der Waals surface area contributed by atoms with Gasteiger partial charge in [-0.3, -0.25) is 0 Å². The minimum Gasteiger partial charge on any atom is -0.479 e. The maximum Gasteiger partial charge on any atom is 0.332 e. The molecular weight excluding hydrogens is 266 g/mol. The molecule has 100 valence electrons. The molecule has 1 atom stereocenters. The highest BCUT2D eigenvalue weighted by Gasteiger charge is 2.23. The van der Waals surface area contributed by atoms with Crippen molar-refractivity contribution in [2.45, 2.75) is 19.5 Å². The number of nitrogens with zero attached hydrogens (tertiary/aromatic N) is 2. The Labute approximate surface area is 115 Å². The van der Waals surface area contributed by atoms with Crippen molar-refractivity contribution in [3.8, 4) is 0 Å². The Kier molecular flexibility index (Phi) is 4.06. The molecule has 0 aliphatic heterocycles. The molecule has 0 bridgehead atoms. The van der Waals surface area contributed by atoms with Gasteiger partial charge in [-0.2, -0.15) is 0 Å². The predicted octanol–water partition coefficient (Wildman–Crippen LogP) is 2.79. The molecule has 2 N–H and O–H groups in total. The number of aryl methyl sites for hydroxylation is 1. The SMILES string of the molecule is CCn1cncc1C(Nc1ccc(Cl)cc1)C(=O)O. The molecule has 2 rings (SSSR count). The predicted molar refractivity (Wildman–Crippen MR) is 73.4 cm³/mol. The Balaban J connectivity index is 2.26. The average Bonchev–Trinajstić information content (AvgIpc) is 2.85. The molecule has 1 aromatic carbocycles. The van der Waals surface area contributed by atoms with E-state index in [0.29, 0.717) is 22.9 Å². The van der Waals surface area contributed by atoms with E-state index in [-0.39, 0.29) is 0 Å². The lowest BCUT2D eigenvalue weighted by Gasteiger charge is -2.17. The number of hydrogen-bond donors (Lipinski definition) is 2. The van der Waals surface area contributed by atoms with E-state index < -0.39 is 12.0 Å². The quantitative estimate of drug-likeness (QED) is 0.883. The summed E-state index contributed by atoms with van der Waals surface area (Å²) < 4.78 is 1.79. The fourth-order valence-electron chi connectivity index (χ4n) is 1.81. The van der Waals surface area contributed by atoms with E-state index in [1.165, 1.54) is 0 Å². The number of nitrogens with one attached hydrogen (secondary N) is 1. The second kappa shape index (κ2) is 5.75. The first-order valence-corrected chi connectivity index (χ1v) is 6.24. The van der Waals surface area contributed by atoms with Crippen LogP contribution in [0.5, 0.6) is 0 Å². The largest absolute Gasteiger partial charge is 0.479 e. The van der Waals surface area contributed by atoms with Crippen molar-refractivity contribution < 1.29 is 9.90 Å². The van der Waals surface area contributed by atoms with Crippen molar-refractivity contribution in [3.05, 3.63) is 47.5 Å². The van der Waals surface area contributed by atoms with Crippen molar-refractivity contribution >= 4 is 23.3 Å². The topological polar surface area (TPSA) is 67.2 Å². The standard InChI is InChI=1S/C13H14ClN3O2/c1-2-17-8-15-7-11(17)12(13(18)19)16-10-5-3-9(14)4-6-10/h3-8,12,16H,2H2,1H3,(H,18,19). The van der Waals surface area contributed by atoms with Crippen LogP contribution in [0.4, 0.5) is 5.69 Å². The van der Waals surface area contributed by atoms with Crippen molar-refractivity contribution in [3.63, 3.8) is 0 Å². The molecule has 1 heterocycles. The van der Waals surface area contributed by atoms with Crippen molar-refractivity contribution in [2.75, 3.05) is 5.32 Å². The number of imidazole rings is 1. The molecule has 0 spiro atoms. The Morgan fingerprint density at radius 2 is 2.16 bits per heavy atom. The van der Waals surface area contributed by atoms with Gasteiger partial charge in [-0.25, -0.2) is 9.78 Å². The van der Waals surface area contributed by atoms with E-state index in [4.69, 9.17) is 11.6 Å². The van der Waals surface area contributed by atoms with Crippen molar-refractivity contribution in [2.24, 2.45) is 0 Å². The van der Waals surface area contributed by atoms with Gasteiger partial charge in [0.2, 0.25) is 0 Å². The first-order chi connectivity index (χ1) is 9.11. The van der Waals surface area contributed by atoms with Crippen LogP contribution in [0.1, 0.15) is 18.7 Å². The van der Waals surface area contributed by atoms with Gasteiger partial charge in [0.25, 0.3) is 0 Å². The van der Waals surface area contributed by atoms with Crippen LogP contribution >= 0.6 is 11.6 Å². The van der Waals surface area contributed by atoms with Gasteiger partial charge in [0, 0.05) is 17.3 Å². The molecule has 0 aliphatic carbocycles. The summed E-state index contributed by atoms with van der Waals surface area (Å²) in [5.74, 6) is -0.954. The lowest BCUT2D eigenvalue weighted by atomic mass is 10.2. The van der Waals surface area contributed by atoms with Crippen LogP contribution in [-0.4, -0.2) is 20.6 Å². The third-order valence-corrected chi connectivity index (χ3v) is 3.04. The second-order valence-corrected chi connectivity index (χ2v) is 4.46. The second-order valence-electron chi connectivity index (χ2n) is 4.03. The van der Waals surface area contributed by atoms with Gasteiger partial charge in [-0.05, 0) is 31.2 Å². The number of rotatable bonds is 5. The number of carboxylic acid groups (broad SMARTS) is 1. The number of carboxylic acids is 1. The summed E-state index contributed by atoms with van der Waals surface area (Å²) in [5.41, 5.74) is 1.31. The first kappa shape index (κ1) is 13.4. The summed E-state index contributed by atoms with van der Waals surface area (Å²) in [6.45, 7) is 2.60. The van der Waals surface area contributed by atoms with Gasteiger partial charge < -0.3 is 15.0 Å². The average molecular weight is 280 g/mol. The number of aliphatic carboxylic acids is 1. The molecule has 2 aromatic rings. The molecule has 19 heavy (non-hydrogen) atoms. The van der Waals surface area contributed by atoms with Crippen molar-refractivity contribution in [1.82, 2.24) is 9.55 Å². The molecule has 0 saturated carbocycles. The lowest BCUT2D eigenvalue weighted by Crippen LogP contribution is -2.23. The van der Waals surface area contributed by atoms with Gasteiger partial charge in [-0.1, -0.05) is 11.6 Å². The summed E-state index contributed by atoms with van der Waals surface area (Å²) >= 11 is 5.80. The normalized spacial score (nSPS) is 12.1. The zero-order valence-corrected chi connectivity index (χ0v) is 11.1. The molecule has 0 fully saturated rings. The fraction of sp³-hybridized carbons (Fsp3) is 0.231. The molecule has 0 saturated heterocycles. The molecule has 0 aliphatic rings. The Morgan fingerprint density at radius 3 is 2.74 bits per heavy atom. The number of carbonyl (C=O) groups is 1. The number of aromatic nitrogens is 2. The Hall–Kier alpha value is -2.01. The highest BCUT2D eigenvalue weighted by molar-refractivity contribution is 6.30. The molecule has 1 unspecified atom stereocenters. The highest BCUT2D eigenvalue weighted by atomic mass is 35.5. The van der Waals surface area contributed by atoms with Crippen LogP contribution < -0.4 is 5.32 Å². The maximum absolute atomic E-state index is 11.4. The summed E-state index contributed by atoms with van der Waals surface area (Å²) in [6.07, 6.45) is 3.18. The smallest absolute Gasteiger partial charge is 0.332 e. The third kappa shape index (κ3) is 3.06. The highest BCUT2D eigenvalue weighted by Crippen LogP contribution is 2.21. The maximum atomic E-state index is 11.4. The van der Waals surface area contributed by atoms with E-state index in [2.05, 4.69) is 10.3 Å². The number of hydrogen-bond acceptors (Lipinski definition) is 3. The van der Waals surface area contributed by atoms with Gasteiger partial charge >= 0.3 is 5.97 Å². The van der Waals surface area contributed by atoms with Gasteiger partial charge in [0.15, 0.2) is 6.04 Å². The molecule has 5 nitrogen and oxygen atoms in total. The van der Waals surface area contributed by atoms with Crippen LogP contribution in [0.25, 0.3) is 0 Å². The molecule has 1 aromatic heterocycles. The minimum atomic E-state index is -0.954. The molecule has 0 amide bonds. The van der Waals surface area contributed by atoms with Crippen LogP contribution in [0.3, 0.4) is 0 Å². The van der Waals surface area contributed by atoms with Crippen LogP contribution in [0.2, 0.25) is 5.02 Å². The van der Waals surface area contributed by atoms with E-state index >= 15 is 0 Å². The lowest BCUT2D eigenvalue weighted by molar-refractivity contribution is -0.138. The fourth-order valence-corrected chi connectivity index (χ4v) is 1.94. The number of benzene rings is 1. The molecule has 6 heteroatoms. The summed E-state index contributed by atoms with van der Waals surface area (Å²) in [6, 6.07) is 6.05. The Bertz CT molecular complexity index is 566. The van der Waals surface area contributed by atoms with Crippen LogP contribution in [0, 0.1) is 0 Å². The minimum absolute atomic E-state index is 0.607.